The standard InChI is InChI=1S/C12H18N2O2S/c1-8(11-7-17-9(2)13-11)14(6-12(15)16)5-10-3-4-10/h7-8,10H,3-6H2,1-2H3,(H,15,16). The van der Waals surface area contributed by atoms with E-state index < -0.39 is 5.97 Å². The first-order valence-corrected chi connectivity index (χ1v) is 6.82. The molecule has 17 heavy (non-hydrogen) atoms. The van der Waals surface area contributed by atoms with Crippen LogP contribution < -0.4 is 0 Å². The lowest BCUT2D eigenvalue weighted by Crippen LogP contribution is -2.34. The van der Waals surface area contributed by atoms with Gasteiger partial charge < -0.3 is 5.11 Å². The predicted octanol–water partition coefficient (Wildman–Crippen LogP) is 2.31. The molecular formula is C12H18N2O2S. The Kier molecular flexibility index (Phi) is 3.79. The summed E-state index contributed by atoms with van der Waals surface area (Å²) in [5.74, 6) is -0.0685. The first-order chi connectivity index (χ1) is 8.06. The second kappa shape index (κ2) is 5.14. The first kappa shape index (κ1) is 12.5. The molecule has 1 heterocycles. The summed E-state index contributed by atoms with van der Waals surface area (Å²) >= 11 is 1.62. The summed E-state index contributed by atoms with van der Waals surface area (Å²) in [6.45, 7) is 5.00. The van der Waals surface area contributed by atoms with Gasteiger partial charge >= 0.3 is 5.97 Å². The van der Waals surface area contributed by atoms with Crippen LogP contribution in [-0.2, 0) is 4.79 Å². The first-order valence-electron chi connectivity index (χ1n) is 5.94. The van der Waals surface area contributed by atoms with Crippen molar-refractivity contribution in [1.82, 2.24) is 9.88 Å². The summed E-state index contributed by atoms with van der Waals surface area (Å²) in [4.78, 5) is 17.4. The van der Waals surface area contributed by atoms with Crippen molar-refractivity contribution in [2.45, 2.75) is 32.7 Å². The van der Waals surface area contributed by atoms with E-state index in [1.165, 1.54) is 12.8 Å². The largest absolute Gasteiger partial charge is 0.480 e. The highest BCUT2D eigenvalue weighted by Crippen LogP contribution is 2.32. The molecule has 1 aromatic rings. The molecule has 1 atom stereocenters. The van der Waals surface area contributed by atoms with Crippen molar-refractivity contribution < 1.29 is 9.90 Å². The molecular weight excluding hydrogens is 236 g/mol. The van der Waals surface area contributed by atoms with E-state index in [0.29, 0.717) is 5.92 Å². The second-order valence-electron chi connectivity index (χ2n) is 4.73. The van der Waals surface area contributed by atoms with Crippen molar-refractivity contribution in [1.29, 1.82) is 0 Å². The molecule has 1 fully saturated rings. The third-order valence-corrected chi connectivity index (χ3v) is 3.93. The molecule has 1 N–H and O–H groups in total. The molecule has 0 amide bonds. The molecule has 1 aromatic heterocycles. The Morgan fingerprint density at radius 1 is 1.71 bits per heavy atom. The molecule has 0 aliphatic heterocycles. The minimum Gasteiger partial charge on any atom is -0.480 e. The van der Waals surface area contributed by atoms with E-state index in [1.54, 1.807) is 11.3 Å². The normalized spacial score (nSPS) is 17.4. The summed E-state index contributed by atoms with van der Waals surface area (Å²) in [5.41, 5.74) is 0.995. The van der Waals surface area contributed by atoms with Crippen LogP contribution in [0.25, 0.3) is 0 Å². The van der Waals surface area contributed by atoms with Crippen LogP contribution in [0.3, 0.4) is 0 Å². The number of aliphatic carboxylic acids is 1. The van der Waals surface area contributed by atoms with Gasteiger partial charge in [0.25, 0.3) is 0 Å². The van der Waals surface area contributed by atoms with Crippen LogP contribution in [0, 0.1) is 12.8 Å². The quantitative estimate of drug-likeness (QED) is 0.846. The number of nitrogens with zero attached hydrogens (tertiary/aromatic N) is 2. The van der Waals surface area contributed by atoms with E-state index in [-0.39, 0.29) is 12.6 Å². The van der Waals surface area contributed by atoms with E-state index in [1.807, 2.05) is 24.1 Å². The van der Waals surface area contributed by atoms with Gasteiger partial charge in [0.2, 0.25) is 0 Å². The molecule has 0 aromatic carbocycles. The van der Waals surface area contributed by atoms with Crippen LogP contribution in [0.15, 0.2) is 5.38 Å². The van der Waals surface area contributed by atoms with Crippen LogP contribution in [-0.4, -0.2) is 34.0 Å². The minimum atomic E-state index is -0.760. The summed E-state index contributed by atoms with van der Waals surface area (Å²) in [6.07, 6.45) is 2.47. The maximum Gasteiger partial charge on any atom is 0.317 e. The fourth-order valence-electron chi connectivity index (χ4n) is 1.92. The third kappa shape index (κ3) is 3.51. The van der Waals surface area contributed by atoms with Crippen molar-refractivity contribution >= 4 is 17.3 Å². The molecule has 94 valence electrons. The Hall–Kier alpha value is -0.940. The maximum atomic E-state index is 10.9. The Morgan fingerprint density at radius 3 is 2.88 bits per heavy atom. The van der Waals surface area contributed by atoms with Gasteiger partial charge in [0.1, 0.15) is 0 Å². The smallest absolute Gasteiger partial charge is 0.317 e. The number of carboxylic acids is 1. The van der Waals surface area contributed by atoms with Crippen molar-refractivity contribution in [2.24, 2.45) is 5.92 Å². The van der Waals surface area contributed by atoms with Crippen molar-refractivity contribution in [3.63, 3.8) is 0 Å². The fourth-order valence-corrected chi connectivity index (χ4v) is 2.62. The second-order valence-corrected chi connectivity index (χ2v) is 5.80. The van der Waals surface area contributed by atoms with Gasteiger partial charge in [-0.2, -0.15) is 0 Å². The van der Waals surface area contributed by atoms with Crippen LogP contribution in [0.4, 0.5) is 0 Å². The molecule has 0 bridgehead atoms. The number of rotatable bonds is 6. The van der Waals surface area contributed by atoms with E-state index in [4.69, 9.17) is 5.11 Å². The molecule has 1 aliphatic carbocycles. The SMILES string of the molecule is Cc1nc(C(C)N(CC(=O)O)CC2CC2)cs1. The van der Waals surface area contributed by atoms with E-state index in [9.17, 15) is 4.79 Å². The predicted molar refractivity (Wildman–Crippen MR) is 67.2 cm³/mol. The molecule has 5 heteroatoms. The summed E-state index contributed by atoms with van der Waals surface area (Å²) in [5, 5.41) is 12.0. The molecule has 0 radical (unpaired) electrons. The maximum absolute atomic E-state index is 10.9. The van der Waals surface area contributed by atoms with Crippen LogP contribution in [0.1, 0.15) is 36.5 Å². The molecule has 1 aliphatic rings. The average molecular weight is 254 g/mol. The highest BCUT2D eigenvalue weighted by Gasteiger charge is 2.28. The number of thiazole rings is 1. The topological polar surface area (TPSA) is 53.4 Å². The fraction of sp³-hybridized carbons (Fsp3) is 0.667. The number of carbonyl (C=O) groups is 1. The molecule has 2 rings (SSSR count). The highest BCUT2D eigenvalue weighted by molar-refractivity contribution is 7.09. The Labute approximate surface area is 105 Å². The van der Waals surface area contributed by atoms with Gasteiger partial charge in [-0.15, -0.1) is 11.3 Å². The Bertz CT molecular complexity index is 401. The highest BCUT2D eigenvalue weighted by atomic mass is 32.1. The van der Waals surface area contributed by atoms with Gasteiger partial charge in [-0.3, -0.25) is 9.69 Å². The van der Waals surface area contributed by atoms with E-state index in [0.717, 1.165) is 17.2 Å². The number of hydrogen-bond acceptors (Lipinski definition) is 4. The number of aromatic nitrogens is 1. The van der Waals surface area contributed by atoms with Crippen molar-refractivity contribution in [2.75, 3.05) is 13.1 Å². The zero-order valence-electron chi connectivity index (χ0n) is 10.2. The van der Waals surface area contributed by atoms with Crippen molar-refractivity contribution in [3.05, 3.63) is 16.1 Å². The van der Waals surface area contributed by atoms with Gasteiger partial charge in [-0.05, 0) is 32.6 Å². The summed E-state index contributed by atoms with van der Waals surface area (Å²) in [7, 11) is 0. The van der Waals surface area contributed by atoms with Crippen LogP contribution in [0.5, 0.6) is 0 Å². The van der Waals surface area contributed by atoms with Gasteiger partial charge in [0.15, 0.2) is 0 Å². The summed E-state index contributed by atoms with van der Waals surface area (Å²) in [6, 6.07) is 0.0941. The average Bonchev–Trinajstić information content (AvgIpc) is 2.96. The van der Waals surface area contributed by atoms with Crippen molar-refractivity contribution in [3.8, 4) is 0 Å². The monoisotopic (exact) mass is 254 g/mol. The van der Waals surface area contributed by atoms with Crippen LogP contribution >= 0.6 is 11.3 Å². The Morgan fingerprint density at radius 2 is 2.41 bits per heavy atom. The minimum absolute atomic E-state index is 0.0941. The third-order valence-electron chi connectivity index (χ3n) is 3.14. The van der Waals surface area contributed by atoms with Gasteiger partial charge in [0, 0.05) is 11.9 Å². The van der Waals surface area contributed by atoms with Gasteiger partial charge in [-0.1, -0.05) is 0 Å². The number of carboxylic acid groups (broad SMARTS) is 1. The number of aryl methyl sites for hydroxylation is 1. The lowest BCUT2D eigenvalue weighted by atomic mass is 10.2. The van der Waals surface area contributed by atoms with Gasteiger partial charge in [-0.25, -0.2) is 4.98 Å². The zero-order valence-corrected chi connectivity index (χ0v) is 11.0. The lowest BCUT2D eigenvalue weighted by molar-refractivity contribution is -0.139. The number of hydrogen-bond donors (Lipinski definition) is 1. The molecule has 1 unspecified atom stereocenters. The molecule has 4 nitrogen and oxygen atoms in total. The molecule has 0 spiro atoms. The molecule has 0 saturated heterocycles. The van der Waals surface area contributed by atoms with Crippen LogP contribution in [0.2, 0.25) is 0 Å². The van der Waals surface area contributed by atoms with E-state index >= 15 is 0 Å². The zero-order chi connectivity index (χ0) is 12.4. The van der Waals surface area contributed by atoms with E-state index in [2.05, 4.69) is 4.98 Å². The van der Waals surface area contributed by atoms with Gasteiger partial charge in [0.05, 0.1) is 23.3 Å². The summed E-state index contributed by atoms with van der Waals surface area (Å²) < 4.78 is 0. The Balaban J connectivity index is 2.04. The molecule has 1 saturated carbocycles. The lowest BCUT2D eigenvalue weighted by Gasteiger charge is -2.26.